The van der Waals surface area contributed by atoms with E-state index in [0.29, 0.717) is 19.4 Å². The summed E-state index contributed by atoms with van der Waals surface area (Å²) in [4.78, 5) is 25.7. The second-order valence-electron chi connectivity index (χ2n) is 6.69. The molecule has 0 bridgehead atoms. The quantitative estimate of drug-likeness (QED) is 0.804. The molecule has 2 aromatic carbocycles. The van der Waals surface area contributed by atoms with E-state index in [0.717, 1.165) is 17.5 Å². The van der Waals surface area contributed by atoms with Gasteiger partial charge in [-0.15, -0.1) is 0 Å². The molecule has 0 saturated carbocycles. The van der Waals surface area contributed by atoms with Gasteiger partial charge < -0.3 is 10.4 Å². The van der Waals surface area contributed by atoms with Crippen molar-refractivity contribution in [3.05, 3.63) is 71.8 Å². The van der Waals surface area contributed by atoms with Gasteiger partial charge in [-0.1, -0.05) is 60.7 Å². The van der Waals surface area contributed by atoms with Crippen LogP contribution in [0.4, 0.5) is 0 Å². The maximum absolute atomic E-state index is 12.6. The second-order valence-corrected chi connectivity index (χ2v) is 6.69. The molecule has 2 atom stereocenters. The summed E-state index contributed by atoms with van der Waals surface area (Å²) in [7, 11) is 0. The highest BCUT2D eigenvalue weighted by molar-refractivity contribution is 5.80. The molecule has 26 heavy (non-hydrogen) atoms. The van der Waals surface area contributed by atoms with Crippen molar-refractivity contribution < 1.29 is 14.7 Å². The lowest BCUT2D eigenvalue weighted by Crippen LogP contribution is -2.44. The molecule has 0 aliphatic carbocycles. The number of carboxylic acid groups (broad SMARTS) is 1. The van der Waals surface area contributed by atoms with E-state index in [-0.39, 0.29) is 18.5 Å². The van der Waals surface area contributed by atoms with Gasteiger partial charge in [-0.05, 0) is 36.9 Å². The molecule has 1 amide bonds. The first-order valence-electron chi connectivity index (χ1n) is 8.98. The fourth-order valence-corrected chi connectivity index (χ4v) is 3.51. The minimum atomic E-state index is -0.848. The van der Waals surface area contributed by atoms with E-state index in [4.69, 9.17) is 0 Å². The Morgan fingerprint density at radius 1 is 1.08 bits per heavy atom. The zero-order chi connectivity index (χ0) is 18.4. The fourth-order valence-electron chi connectivity index (χ4n) is 3.51. The Balaban J connectivity index is 1.69. The number of amides is 1. The van der Waals surface area contributed by atoms with Gasteiger partial charge in [-0.2, -0.15) is 0 Å². The standard InChI is InChI=1S/C21H24N2O3/c24-20(15-23-13-7-12-19(23)21(25)26)22-18(17-10-5-2-6-11-17)14-16-8-3-1-4-9-16/h1-6,8-11,18-19H,7,12-15H2,(H,22,24)(H,25,26)/t18?,19-/m1/s1. The van der Waals surface area contributed by atoms with Gasteiger partial charge in [0.25, 0.3) is 0 Å². The van der Waals surface area contributed by atoms with E-state index < -0.39 is 12.0 Å². The van der Waals surface area contributed by atoms with Crippen LogP contribution in [0.3, 0.4) is 0 Å². The Bertz CT molecular complexity index is 733. The summed E-state index contributed by atoms with van der Waals surface area (Å²) < 4.78 is 0. The van der Waals surface area contributed by atoms with Crippen molar-refractivity contribution in [1.82, 2.24) is 10.2 Å². The minimum Gasteiger partial charge on any atom is -0.480 e. The molecule has 1 fully saturated rings. The average Bonchev–Trinajstić information content (AvgIpc) is 3.11. The first-order chi connectivity index (χ1) is 12.6. The highest BCUT2D eigenvalue weighted by Gasteiger charge is 2.32. The summed E-state index contributed by atoms with van der Waals surface area (Å²) in [6.45, 7) is 0.772. The predicted molar refractivity (Wildman–Crippen MR) is 99.7 cm³/mol. The van der Waals surface area contributed by atoms with Crippen molar-refractivity contribution in [3.8, 4) is 0 Å². The van der Waals surface area contributed by atoms with Crippen LogP contribution in [0.1, 0.15) is 30.0 Å². The van der Waals surface area contributed by atoms with Gasteiger partial charge in [-0.25, -0.2) is 0 Å². The molecule has 3 rings (SSSR count). The molecule has 5 nitrogen and oxygen atoms in total. The van der Waals surface area contributed by atoms with E-state index in [1.165, 1.54) is 0 Å². The van der Waals surface area contributed by atoms with E-state index >= 15 is 0 Å². The first kappa shape index (κ1) is 18.1. The Labute approximate surface area is 153 Å². The van der Waals surface area contributed by atoms with Gasteiger partial charge in [-0.3, -0.25) is 14.5 Å². The van der Waals surface area contributed by atoms with Crippen molar-refractivity contribution in [3.63, 3.8) is 0 Å². The number of rotatable bonds is 7. The van der Waals surface area contributed by atoms with Crippen molar-refractivity contribution >= 4 is 11.9 Å². The van der Waals surface area contributed by atoms with Crippen LogP contribution in [0.2, 0.25) is 0 Å². The third-order valence-electron chi connectivity index (χ3n) is 4.82. The minimum absolute atomic E-state index is 0.120. The number of aliphatic carboxylic acids is 1. The third kappa shape index (κ3) is 4.70. The normalized spacial score (nSPS) is 18.4. The molecular weight excluding hydrogens is 328 g/mol. The number of nitrogens with one attached hydrogen (secondary N) is 1. The zero-order valence-corrected chi connectivity index (χ0v) is 14.7. The van der Waals surface area contributed by atoms with Crippen molar-refractivity contribution in [2.45, 2.75) is 31.3 Å². The Morgan fingerprint density at radius 3 is 2.38 bits per heavy atom. The molecule has 1 aliphatic rings. The van der Waals surface area contributed by atoms with Crippen LogP contribution in [0.15, 0.2) is 60.7 Å². The number of nitrogens with zero attached hydrogens (tertiary/aromatic N) is 1. The SMILES string of the molecule is O=C(CN1CCC[C@@H]1C(=O)O)NC(Cc1ccccc1)c1ccccc1. The summed E-state index contributed by atoms with van der Waals surface area (Å²) in [6.07, 6.45) is 2.12. The Kier molecular flexibility index (Phi) is 6.02. The maximum atomic E-state index is 12.6. The maximum Gasteiger partial charge on any atom is 0.320 e. The zero-order valence-electron chi connectivity index (χ0n) is 14.7. The summed E-state index contributed by atoms with van der Waals surface area (Å²) in [5, 5.41) is 12.4. The molecule has 1 heterocycles. The lowest BCUT2D eigenvalue weighted by Gasteiger charge is -2.24. The molecule has 1 aliphatic heterocycles. The van der Waals surface area contributed by atoms with Gasteiger partial charge in [0.1, 0.15) is 6.04 Å². The number of carbonyl (C=O) groups is 2. The molecule has 2 aromatic rings. The van der Waals surface area contributed by atoms with Crippen LogP contribution in [-0.2, 0) is 16.0 Å². The topological polar surface area (TPSA) is 69.6 Å². The van der Waals surface area contributed by atoms with E-state index in [2.05, 4.69) is 5.32 Å². The van der Waals surface area contributed by atoms with E-state index in [1.807, 2.05) is 60.7 Å². The number of hydrogen-bond donors (Lipinski definition) is 2. The lowest BCUT2D eigenvalue weighted by atomic mass is 9.99. The van der Waals surface area contributed by atoms with Crippen molar-refractivity contribution in [2.24, 2.45) is 0 Å². The van der Waals surface area contributed by atoms with Gasteiger partial charge in [0.15, 0.2) is 0 Å². The molecule has 5 heteroatoms. The van der Waals surface area contributed by atoms with Crippen LogP contribution in [0.5, 0.6) is 0 Å². The first-order valence-corrected chi connectivity index (χ1v) is 8.98. The fraction of sp³-hybridized carbons (Fsp3) is 0.333. The van der Waals surface area contributed by atoms with Gasteiger partial charge in [0.05, 0.1) is 12.6 Å². The molecule has 0 spiro atoms. The summed E-state index contributed by atoms with van der Waals surface area (Å²) >= 11 is 0. The van der Waals surface area contributed by atoms with Gasteiger partial charge in [0, 0.05) is 0 Å². The third-order valence-corrected chi connectivity index (χ3v) is 4.82. The van der Waals surface area contributed by atoms with Crippen LogP contribution in [-0.4, -0.2) is 41.0 Å². The highest BCUT2D eigenvalue weighted by Crippen LogP contribution is 2.20. The monoisotopic (exact) mass is 352 g/mol. The molecule has 2 N–H and O–H groups in total. The Hall–Kier alpha value is -2.66. The summed E-state index contributed by atoms with van der Waals surface area (Å²) in [5.74, 6) is -0.984. The largest absolute Gasteiger partial charge is 0.480 e. The summed E-state index contributed by atoms with van der Waals surface area (Å²) in [6, 6.07) is 19.2. The predicted octanol–water partition coefficient (Wildman–Crippen LogP) is 2.64. The number of likely N-dealkylation sites (tertiary alicyclic amines) is 1. The van der Waals surface area contributed by atoms with Crippen LogP contribution in [0.25, 0.3) is 0 Å². The molecule has 1 unspecified atom stereocenters. The van der Waals surface area contributed by atoms with Crippen LogP contribution >= 0.6 is 0 Å². The van der Waals surface area contributed by atoms with Crippen molar-refractivity contribution in [1.29, 1.82) is 0 Å². The number of benzene rings is 2. The Morgan fingerprint density at radius 2 is 1.73 bits per heavy atom. The molecule has 136 valence electrons. The van der Waals surface area contributed by atoms with Crippen LogP contribution < -0.4 is 5.32 Å². The molecule has 0 radical (unpaired) electrons. The van der Waals surface area contributed by atoms with Crippen LogP contribution in [0, 0.1) is 0 Å². The molecule has 0 aromatic heterocycles. The average molecular weight is 352 g/mol. The van der Waals surface area contributed by atoms with Gasteiger partial charge >= 0.3 is 5.97 Å². The number of carboxylic acids is 1. The molecular formula is C21H24N2O3. The van der Waals surface area contributed by atoms with E-state index in [1.54, 1.807) is 4.90 Å². The molecule has 1 saturated heterocycles. The second kappa shape index (κ2) is 8.63. The summed E-state index contributed by atoms with van der Waals surface area (Å²) in [5.41, 5.74) is 2.19. The number of hydrogen-bond acceptors (Lipinski definition) is 3. The lowest BCUT2D eigenvalue weighted by molar-refractivity contribution is -0.142. The van der Waals surface area contributed by atoms with Gasteiger partial charge in [0.2, 0.25) is 5.91 Å². The smallest absolute Gasteiger partial charge is 0.320 e. The highest BCUT2D eigenvalue weighted by atomic mass is 16.4. The number of carbonyl (C=O) groups excluding carboxylic acids is 1. The van der Waals surface area contributed by atoms with E-state index in [9.17, 15) is 14.7 Å². The van der Waals surface area contributed by atoms with Crippen molar-refractivity contribution in [2.75, 3.05) is 13.1 Å².